The molecule has 2 atom stereocenters. The number of rotatable bonds is 8. The third kappa shape index (κ3) is 3.25. The van der Waals surface area contributed by atoms with Gasteiger partial charge in [0.2, 0.25) is 0 Å². The molecule has 1 rings (SSSR count). The molecule has 1 heterocycles. The molecule has 15 heavy (non-hydrogen) atoms. The molecule has 0 aromatic heterocycles. The van der Waals surface area contributed by atoms with E-state index in [9.17, 15) is 0 Å². The topological polar surface area (TPSA) is 40.2 Å². The molecular weight excluding hydrogens is 212 g/mol. The van der Waals surface area contributed by atoms with E-state index >= 15 is 0 Å². The number of hydrogen-bond donors (Lipinski definition) is 0. The molecule has 0 aromatic rings. The Morgan fingerprint density at radius 3 is 2.13 bits per heavy atom. The van der Waals surface area contributed by atoms with Crippen molar-refractivity contribution in [2.24, 2.45) is 0 Å². The molecule has 0 aliphatic carbocycles. The smallest absolute Gasteiger partial charge is 0.377 e. The predicted octanol–water partition coefficient (Wildman–Crippen LogP) is 1.82. The fraction of sp³-hybridized carbons (Fsp3) is 1.00. The Kier molecular flexibility index (Phi) is 5.21. The first-order chi connectivity index (χ1) is 7.22. The summed E-state index contributed by atoms with van der Waals surface area (Å²) in [7, 11) is 2.56. The van der Waals surface area contributed by atoms with E-state index in [-0.39, 0.29) is 0 Å². The Balaban J connectivity index is 2.62. The van der Waals surface area contributed by atoms with Crippen molar-refractivity contribution in [3.63, 3.8) is 0 Å². The van der Waals surface area contributed by atoms with Gasteiger partial charge in [-0.1, -0.05) is 13.3 Å². The van der Waals surface area contributed by atoms with Crippen molar-refractivity contribution in [2.75, 3.05) is 27.9 Å². The van der Waals surface area contributed by atoms with Crippen LogP contribution in [0.1, 0.15) is 26.2 Å². The SMILES string of the molecule is CCCC(CC1CO1)[Si](OC)(OC)OC. The molecule has 5 heteroatoms. The van der Waals surface area contributed by atoms with Gasteiger partial charge >= 0.3 is 8.80 Å². The van der Waals surface area contributed by atoms with E-state index in [1.54, 1.807) is 21.3 Å². The summed E-state index contributed by atoms with van der Waals surface area (Å²) in [6, 6.07) is 0. The fourth-order valence-corrected chi connectivity index (χ4v) is 4.75. The Morgan fingerprint density at radius 2 is 1.80 bits per heavy atom. The molecule has 0 spiro atoms. The molecule has 0 N–H and O–H groups in total. The standard InChI is InChI=1S/C10H22O4Si/c1-5-6-10(7-9-8-14-9)15(11-2,12-3)13-4/h9-10H,5-8H2,1-4H3. The van der Waals surface area contributed by atoms with E-state index in [2.05, 4.69) is 6.92 Å². The number of ether oxygens (including phenoxy) is 1. The van der Waals surface area contributed by atoms with Crippen LogP contribution < -0.4 is 0 Å². The van der Waals surface area contributed by atoms with Crippen molar-refractivity contribution in [3.05, 3.63) is 0 Å². The van der Waals surface area contributed by atoms with Crippen molar-refractivity contribution in [3.8, 4) is 0 Å². The summed E-state index contributed by atoms with van der Waals surface area (Å²) in [5.41, 5.74) is 0.356. The summed E-state index contributed by atoms with van der Waals surface area (Å²) in [4.78, 5) is 0. The van der Waals surface area contributed by atoms with Gasteiger partial charge in [0.1, 0.15) is 0 Å². The van der Waals surface area contributed by atoms with Crippen LogP contribution in [0.5, 0.6) is 0 Å². The van der Waals surface area contributed by atoms with E-state index in [1.165, 1.54) is 0 Å². The first-order valence-electron chi connectivity index (χ1n) is 5.49. The molecular formula is C10H22O4Si. The second-order valence-electron chi connectivity index (χ2n) is 3.89. The van der Waals surface area contributed by atoms with E-state index < -0.39 is 8.80 Å². The second-order valence-corrected chi connectivity index (χ2v) is 7.14. The van der Waals surface area contributed by atoms with Gasteiger partial charge in [-0.3, -0.25) is 0 Å². The molecule has 0 radical (unpaired) electrons. The molecule has 90 valence electrons. The normalized spacial score (nSPS) is 22.8. The maximum atomic E-state index is 5.52. The Morgan fingerprint density at radius 1 is 1.27 bits per heavy atom. The maximum Gasteiger partial charge on any atom is 0.503 e. The monoisotopic (exact) mass is 234 g/mol. The molecule has 0 amide bonds. The highest BCUT2D eigenvalue weighted by atomic mass is 28.4. The summed E-state index contributed by atoms with van der Waals surface area (Å²) in [6.45, 7) is 3.04. The molecule has 2 unspecified atom stereocenters. The summed E-state index contributed by atoms with van der Waals surface area (Å²) in [6.07, 6.45) is 3.58. The Hall–Kier alpha value is 0.0569. The lowest BCUT2D eigenvalue weighted by atomic mass is 10.1. The first kappa shape index (κ1) is 13.1. The van der Waals surface area contributed by atoms with Gasteiger partial charge in [0.15, 0.2) is 0 Å². The van der Waals surface area contributed by atoms with Crippen LogP contribution >= 0.6 is 0 Å². The predicted molar refractivity (Wildman–Crippen MR) is 59.8 cm³/mol. The van der Waals surface area contributed by atoms with Crippen LogP contribution in [-0.4, -0.2) is 42.8 Å². The van der Waals surface area contributed by atoms with Gasteiger partial charge in [-0.2, -0.15) is 0 Å². The van der Waals surface area contributed by atoms with Gasteiger partial charge in [-0.15, -0.1) is 0 Å². The van der Waals surface area contributed by atoms with Crippen LogP contribution in [0, 0.1) is 0 Å². The van der Waals surface area contributed by atoms with E-state index in [4.69, 9.17) is 18.0 Å². The lowest BCUT2D eigenvalue weighted by Crippen LogP contribution is -2.48. The summed E-state index contributed by atoms with van der Waals surface area (Å²) < 4.78 is 21.8. The largest absolute Gasteiger partial charge is 0.503 e. The Bertz CT molecular complexity index is 172. The lowest BCUT2D eigenvalue weighted by Gasteiger charge is -2.32. The molecule has 4 nitrogen and oxygen atoms in total. The zero-order valence-corrected chi connectivity index (χ0v) is 11.1. The highest BCUT2D eigenvalue weighted by molar-refractivity contribution is 6.62. The first-order valence-corrected chi connectivity index (χ1v) is 7.29. The van der Waals surface area contributed by atoms with Crippen molar-refractivity contribution >= 4 is 8.80 Å². The van der Waals surface area contributed by atoms with Crippen LogP contribution in [0.4, 0.5) is 0 Å². The third-order valence-electron chi connectivity index (χ3n) is 2.94. The molecule has 0 aromatic carbocycles. The quantitative estimate of drug-likeness (QED) is 0.474. The maximum absolute atomic E-state index is 5.52. The average Bonchev–Trinajstić information content (AvgIpc) is 3.05. The molecule has 1 aliphatic heterocycles. The lowest BCUT2D eigenvalue weighted by molar-refractivity contribution is 0.106. The molecule has 1 saturated heterocycles. The minimum Gasteiger partial charge on any atom is -0.377 e. The Labute approximate surface area is 93.2 Å². The van der Waals surface area contributed by atoms with Crippen molar-refractivity contribution < 1.29 is 18.0 Å². The summed E-state index contributed by atoms with van der Waals surface area (Å²) >= 11 is 0. The second kappa shape index (κ2) is 5.96. The van der Waals surface area contributed by atoms with Gasteiger partial charge in [0.05, 0.1) is 12.7 Å². The van der Waals surface area contributed by atoms with Crippen LogP contribution in [-0.2, 0) is 18.0 Å². The zero-order chi connectivity index (χ0) is 11.3. The average molecular weight is 234 g/mol. The van der Waals surface area contributed by atoms with Crippen LogP contribution in [0.15, 0.2) is 0 Å². The van der Waals surface area contributed by atoms with Gasteiger partial charge < -0.3 is 18.0 Å². The molecule has 0 bridgehead atoms. The van der Waals surface area contributed by atoms with Crippen LogP contribution in [0.3, 0.4) is 0 Å². The van der Waals surface area contributed by atoms with E-state index in [0.717, 1.165) is 25.9 Å². The molecule has 0 saturated carbocycles. The minimum absolute atomic E-state index is 0.356. The van der Waals surface area contributed by atoms with E-state index in [1.807, 2.05) is 0 Å². The minimum atomic E-state index is -2.47. The molecule has 1 fully saturated rings. The molecule has 1 aliphatic rings. The van der Waals surface area contributed by atoms with Gasteiger partial charge in [-0.25, -0.2) is 0 Å². The number of hydrogen-bond acceptors (Lipinski definition) is 4. The van der Waals surface area contributed by atoms with Gasteiger partial charge in [0.25, 0.3) is 0 Å². The highest BCUT2D eigenvalue weighted by Crippen LogP contribution is 2.36. The zero-order valence-electron chi connectivity index (χ0n) is 10.1. The third-order valence-corrected chi connectivity index (χ3v) is 6.17. The van der Waals surface area contributed by atoms with Crippen LogP contribution in [0.2, 0.25) is 5.54 Å². The van der Waals surface area contributed by atoms with Crippen molar-refractivity contribution in [2.45, 2.75) is 37.8 Å². The van der Waals surface area contributed by atoms with Gasteiger partial charge in [0, 0.05) is 26.9 Å². The number of epoxide rings is 1. The fourth-order valence-electron chi connectivity index (χ4n) is 2.06. The van der Waals surface area contributed by atoms with Gasteiger partial charge in [-0.05, 0) is 12.8 Å². The van der Waals surface area contributed by atoms with Crippen molar-refractivity contribution in [1.82, 2.24) is 0 Å². The summed E-state index contributed by atoms with van der Waals surface area (Å²) in [5.74, 6) is 0. The summed E-state index contributed by atoms with van der Waals surface area (Å²) in [5, 5.41) is 0. The highest BCUT2D eigenvalue weighted by Gasteiger charge is 2.48. The van der Waals surface area contributed by atoms with Crippen LogP contribution in [0.25, 0.3) is 0 Å². The van der Waals surface area contributed by atoms with E-state index in [0.29, 0.717) is 11.6 Å². The van der Waals surface area contributed by atoms with Crippen molar-refractivity contribution in [1.29, 1.82) is 0 Å².